The maximum atomic E-state index is 12.3. The molecule has 2 heterocycles. The number of nitrogens with one attached hydrogen (secondary N) is 1. The van der Waals surface area contributed by atoms with Crippen LogP contribution in [0.3, 0.4) is 0 Å². The first-order valence-electron chi connectivity index (χ1n) is 12.3. The number of anilines is 1. The third kappa shape index (κ3) is 5.91. The van der Waals surface area contributed by atoms with Crippen LogP contribution in [0, 0.1) is 13.8 Å². The van der Waals surface area contributed by atoms with Crippen LogP contribution in [-0.4, -0.2) is 38.8 Å². The summed E-state index contributed by atoms with van der Waals surface area (Å²) in [5.74, 6) is 0.170. The highest BCUT2D eigenvalue weighted by Crippen LogP contribution is 2.26. The normalized spacial score (nSPS) is 10.9. The summed E-state index contributed by atoms with van der Waals surface area (Å²) in [6, 6.07) is 17.5. The summed E-state index contributed by atoms with van der Waals surface area (Å²) in [6.45, 7) is 7.93. The van der Waals surface area contributed by atoms with E-state index in [1.165, 1.54) is 0 Å². The van der Waals surface area contributed by atoms with E-state index in [0.29, 0.717) is 35.6 Å². The summed E-state index contributed by atoms with van der Waals surface area (Å²) in [5, 5.41) is 2.83. The summed E-state index contributed by atoms with van der Waals surface area (Å²) in [7, 11) is 0. The molecule has 0 bridgehead atoms. The molecule has 0 radical (unpaired) electrons. The molecule has 1 amide bonds. The van der Waals surface area contributed by atoms with Gasteiger partial charge in [0.2, 0.25) is 5.91 Å². The van der Waals surface area contributed by atoms with E-state index in [1.807, 2.05) is 73.0 Å². The Morgan fingerprint density at radius 1 is 0.973 bits per heavy atom. The summed E-state index contributed by atoms with van der Waals surface area (Å²) >= 11 is 0. The molecule has 190 valence electrons. The van der Waals surface area contributed by atoms with Crippen LogP contribution in [0.2, 0.25) is 0 Å². The summed E-state index contributed by atoms with van der Waals surface area (Å²) < 4.78 is 6.91. The van der Waals surface area contributed by atoms with Crippen molar-refractivity contribution in [3.05, 3.63) is 77.2 Å². The largest absolute Gasteiger partial charge is 0.466 e. The Bertz CT molecular complexity index is 1470. The highest BCUT2D eigenvalue weighted by Gasteiger charge is 2.15. The van der Waals surface area contributed by atoms with Gasteiger partial charge in [0.25, 0.3) is 0 Å². The van der Waals surface area contributed by atoms with Crippen LogP contribution >= 0.6 is 0 Å². The van der Waals surface area contributed by atoms with Gasteiger partial charge in [0.05, 0.1) is 31.0 Å². The van der Waals surface area contributed by atoms with Crippen LogP contribution in [0.4, 0.5) is 5.69 Å². The van der Waals surface area contributed by atoms with Crippen LogP contribution in [0.5, 0.6) is 0 Å². The molecule has 2 aromatic carbocycles. The minimum atomic E-state index is -0.395. The lowest BCUT2D eigenvalue weighted by atomic mass is 9.97. The number of imidazole rings is 1. The fourth-order valence-corrected chi connectivity index (χ4v) is 4.24. The number of ether oxygens (including phenoxy) is 1. The average Bonchev–Trinajstić information content (AvgIpc) is 3.17. The summed E-state index contributed by atoms with van der Waals surface area (Å²) in [5.41, 5.74) is 6.31. The first-order chi connectivity index (χ1) is 17.8. The van der Waals surface area contributed by atoms with E-state index in [9.17, 15) is 14.4 Å². The third-order valence-corrected chi connectivity index (χ3v) is 6.15. The zero-order valence-corrected chi connectivity index (χ0v) is 21.5. The monoisotopic (exact) mass is 498 g/mol. The number of ketones is 1. The van der Waals surface area contributed by atoms with Crippen molar-refractivity contribution in [2.45, 2.75) is 47.1 Å². The average molecular weight is 499 g/mol. The number of amides is 1. The maximum absolute atomic E-state index is 12.3. The Labute approximate surface area is 215 Å². The number of carbonyl (C=O) groups excluding carboxylic acids is 3. The predicted molar refractivity (Wildman–Crippen MR) is 142 cm³/mol. The topological polar surface area (TPSA) is 103 Å². The number of nitrogens with zero attached hydrogens (tertiary/aromatic N) is 3. The van der Waals surface area contributed by atoms with Gasteiger partial charge in [-0.15, -0.1) is 0 Å². The van der Waals surface area contributed by atoms with E-state index < -0.39 is 5.97 Å². The summed E-state index contributed by atoms with van der Waals surface area (Å²) in [4.78, 5) is 45.2. The zero-order valence-electron chi connectivity index (χ0n) is 21.5. The van der Waals surface area contributed by atoms with Gasteiger partial charge in [0.15, 0.2) is 11.4 Å². The number of aryl methyl sites for hydroxylation is 2. The molecule has 4 rings (SSSR count). The van der Waals surface area contributed by atoms with Crippen molar-refractivity contribution >= 4 is 34.5 Å². The number of hydrogen-bond donors (Lipinski definition) is 1. The van der Waals surface area contributed by atoms with E-state index in [1.54, 1.807) is 13.8 Å². The Balaban J connectivity index is 1.52. The molecule has 0 spiro atoms. The fourth-order valence-electron chi connectivity index (χ4n) is 4.24. The van der Waals surface area contributed by atoms with Crippen LogP contribution in [0.15, 0.2) is 54.6 Å². The molecular weight excluding hydrogens is 468 g/mol. The SMILES string of the molecule is CCOC(=O)CCC(=O)Nc1cc2nc(C)n(Cc3ccc(-c4ccccc4C(C)=O)cc3)c2nc1C. The molecule has 0 aliphatic rings. The number of Topliss-reactive ketones (excluding diaryl/α,β-unsaturated/α-hetero) is 1. The Morgan fingerprint density at radius 3 is 2.41 bits per heavy atom. The van der Waals surface area contributed by atoms with E-state index in [0.717, 1.165) is 28.2 Å². The van der Waals surface area contributed by atoms with E-state index in [4.69, 9.17) is 9.72 Å². The van der Waals surface area contributed by atoms with Crippen LogP contribution in [0.1, 0.15) is 54.1 Å². The van der Waals surface area contributed by atoms with Crippen LogP contribution < -0.4 is 5.32 Å². The minimum absolute atomic E-state index is 0.0290. The van der Waals surface area contributed by atoms with Crippen LogP contribution in [0.25, 0.3) is 22.3 Å². The fraction of sp³-hybridized carbons (Fsp3) is 0.276. The third-order valence-electron chi connectivity index (χ3n) is 6.15. The van der Waals surface area contributed by atoms with Crippen molar-refractivity contribution in [3.8, 4) is 11.1 Å². The lowest BCUT2D eigenvalue weighted by molar-refractivity contribution is -0.144. The molecule has 8 nitrogen and oxygen atoms in total. The smallest absolute Gasteiger partial charge is 0.306 e. The first-order valence-corrected chi connectivity index (χ1v) is 12.3. The van der Waals surface area contributed by atoms with Gasteiger partial charge in [-0.25, -0.2) is 9.97 Å². The number of pyridine rings is 1. The second kappa shape index (κ2) is 11.2. The molecule has 37 heavy (non-hydrogen) atoms. The van der Waals surface area contributed by atoms with E-state index in [-0.39, 0.29) is 24.5 Å². The van der Waals surface area contributed by atoms with E-state index in [2.05, 4.69) is 10.3 Å². The molecular formula is C29H30N4O4. The van der Waals surface area contributed by atoms with Gasteiger partial charge in [-0.05, 0) is 50.5 Å². The van der Waals surface area contributed by atoms with Gasteiger partial charge in [-0.3, -0.25) is 14.4 Å². The molecule has 0 unspecified atom stereocenters. The van der Waals surface area contributed by atoms with Gasteiger partial charge < -0.3 is 14.6 Å². The Hall–Kier alpha value is -4.33. The first kappa shape index (κ1) is 25.8. The van der Waals surface area contributed by atoms with Gasteiger partial charge in [0, 0.05) is 12.0 Å². The van der Waals surface area contributed by atoms with Crippen molar-refractivity contribution in [3.63, 3.8) is 0 Å². The number of benzene rings is 2. The van der Waals surface area contributed by atoms with Gasteiger partial charge >= 0.3 is 5.97 Å². The Morgan fingerprint density at radius 2 is 1.70 bits per heavy atom. The molecule has 1 N–H and O–H groups in total. The number of carbonyl (C=O) groups is 3. The van der Waals surface area contributed by atoms with Gasteiger partial charge in [0.1, 0.15) is 11.3 Å². The number of fused-ring (bicyclic) bond motifs is 1. The predicted octanol–water partition coefficient (Wildman–Crippen LogP) is 5.25. The Kier molecular flexibility index (Phi) is 7.77. The molecule has 0 saturated heterocycles. The summed E-state index contributed by atoms with van der Waals surface area (Å²) in [6.07, 6.45) is 0.0674. The second-order valence-corrected chi connectivity index (χ2v) is 8.86. The molecule has 0 atom stereocenters. The molecule has 0 saturated carbocycles. The number of rotatable bonds is 9. The molecule has 0 fully saturated rings. The van der Waals surface area contributed by atoms with Crippen molar-refractivity contribution in [1.82, 2.24) is 14.5 Å². The molecule has 2 aromatic heterocycles. The minimum Gasteiger partial charge on any atom is -0.466 e. The number of hydrogen-bond acceptors (Lipinski definition) is 6. The van der Waals surface area contributed by atoms with Crippen molar-refractivity contribution in [1.29, 1.82) is 0 Å². The molecule has 0 aliphatic heterocycles. The maximum Gasteiger partial charge on any atom is 0.306 e. The lowest BCUT2D eigenvalue weighted by Gasteiger charge is -2.11. The van der Waals surface area contributed by atoms with E-state index >= 15 is 0 Å². The standard InChI is InChI=1S/C29H30N4O4/c1-5-37-28(36)15-14-27(35)32-25-16-26-29(30-18(25)2)33(20(4)31-26)17-21-10-12-22(13-11-21)24-9-7-6-8-23(24)19(3)34/h6-13,16H,5,14-15,17H2,1-4H3,(H,32,35). The highest BCUT2D eigenvalue weighted by atomic mass is 16.5. The van der Waals surface area contributed by atoms with Crippen molar-refractivity contribution < 1.29 is 19.1 Å². The number of esters is 1. The highest BCUT2D eigenvalue weighted by molar-refractivity contribution is 6.00. The van der Waals surface area contributed by atoms with Gasteiger partial charge in [-0.2, -0.15) is 0 Å². The molecule has 8 heteroatoms. The van der Waals surface area contributed by atoms with Gasteiger partial charge in [-0.1, -0.05) is 48.5 Å². The molecule has 4 aromatic rings. The number of aromatic nitrogens is 3. The molecule has 0 aliphatic carbocycles. The second-order valence-electron chi connectivity index (χ2n) is 8.86. The lowest BCUT2D eigenvalue weighted by Crippen LogP contribution is -2.15. The van der Waals surface area contributed by atoms with Crippen molar-refractivity contribution in [2.24, 2.45) is 0 Å². The van der Waals surface area contributed by atoms with Crippen LogP contribution in [-0.2, 0) is 20.9 Å². The quantitative estimate of drug-likeness (QED) is 0.250. The van der Waals surface area contributed by atoms with Crippen molar-refractivity contribution in [2.75, 3.05) is 11.9 Å². The zero-order chi connectivity index (χ0) is 26.5.